The van der Waals surface area contributed by atoms with E-state index < -0.39 is 0 Å². The molecule has 3 aromatic rings. The van der Waals surface area contributed by atoms with E-state index in [-0.39, 0.29) is 17.6 Å². The summed E-state index contributed by atoms with van der Waals surface area (Å²) in [5.74, 6) is 0.000833. The largest absolute Gasteiger partial charge is 0.451 e. The Morgan fingerprint density at radius 1 is 0.960 bits per heavy atom. The van der Waals surface area contributed by atoms with Crippen LogP contribution in [0.3, 0.4) is 0 Å². The van der Waals surface area contributed by atoms with Crippen LogP contribution in [0.25, 0.3) is 11.0 Å². The van der Waals surface area contributed by atoms with Gasteiger partial charge in [0.25, 0.3) is 11.8 Å². The first-order chi connectivity index (χ1) is 12.2. The zero-order valence-electron chi connectivity index (χ0n) is 13.7. The van der Waals surface area contributed by atoms with E-state index in [0.717, 1.165) is 31.3 Å². The first-order valence-corrected chi connectivity index (χ1v) is 8.40. The fourth-order valence-electron chi connectivity index (χ4n) is 3.09. The first kappa shape index (κ1) is 15.4. The number of fused-ring (bicyclic) bond motifs is 1. The molecule has 1 aromatic heterocycles. The molecule has 1 aliphatic rings. The van der Waals surface area contributed by atoms with E-state index in [2.05, 4.69) is 5.32 Å². The third kappa shape index (κ3) is 3.13. The number of hydrogen-bond acceptors (Lipinski definition) is 3. The van der Waals surface area contributed by atoms with E-state index in [0.29, 0.717) is 16.8 Å². The number of benzene rings is 2. The number of furan rings is 1. The van der Waals surface area contributed by atoms with Crippen LogP contribution in [0.4, 0.5) is 5.69 Å². The van der Waals surface area contributed by atoms with Crippen molar-refractivity contribution in [2.45, 2.75) is 12.8 Å². The summed E-state index contributed by atoms with van der Waals surface area (Å²) in [6.07, 6.45) is 2.13. The molecule has 2 amide bonds. The Kier molecular flexibility index (Phi) is 3.98. The van der Waals surface area contributed by atoms with Gasteiger partial charge < -0.3 is 14.6 Å². The standard InChI is InChI=1S/C20H18N2O3/c23-19(18-13-15-5-1-2-6-17(15)25-18)21-16-9-7-14(8-10-16)20(24)22-11-3-4-12-22/h1-2,5-10,13H,3-4,11-12H2,(H,21,23). The second-order valence-corrected chi connectivity index (χ2v) is 6.18. The van der Waals surface area contributed by atoms with Gasteiger partial charge >= 0.3 is 0 Å². The number of likely N-dealkylation sites (tertiary alicyclic amines) is 1. The summed E-state index contributed by atoms with van der Waals surface area (Å²) in [6, 6.07) is 16.2. The van der Waals surface area contributed by atoms with Crippen molar-refractivity contribution in [2.24, 2.45) is 0 Å². The molecule has 25 heavy (non-hydrogen) atoms. The van der Waals surface area contributed by atoms with Crippen LogP contribution < -0.4 is 5.32 Å². The number of amides is 2. The summed E-state index contributed by atoms with van der Waals surface area (Å²) < 4.78 is 5.56. The molecule has 0 unspecified atom stereocenters. The zero-order valence-corrected chi connectivity index (χ0v) is 13.7. The Labute approximate surface area is 145 Å². The highest BCUT2D eigenvalue weighted by Crippen LogP contribution is 2.20. The van der Waals surface area contributed by atoms with E-state index in [9.17, 15) is 9.59 Å². The van der Waals surface area contributed by atoms with Gasteiger partial charge in [0.1, 0.15) is 5.58 Å². The fourth-order valence-corrected chi connectivity index (χ4v) is 3.09. The molecular formula is C20H18N2O3. The van der Waals surface area contributed by atoms with Gasteiger partial charge in [-0.25, -0.2) is 0 Å². The topological polar surface area (TPSA) is 62.6 Å². The summed E-state index contributed by atoms with van der Waals surface area (Å²) in [4.78, 5) is 26.5. The van der Waals surface area contributed by atoms with E-state index >= 15 is 0 Å². The third-order valence-electron chi connectivity index (χ3n) is 4.43. The molecule has 126 valence electrons. The molecule has 1 fully saturated rings. The number of hydrogen-bond donors (Lipinski definition) is 1. The van der Waals surface area contributed by atoms with Crippen molar-refractivity contribution in [2.75, 3.05) is 18.4 Å². The Morgan fingerprint density at radius 2 is 1.68 bits per heavy atom. The number of nitrogens with zero attached hydrogens (tertiary/aromatic N) is 1. The van der Waals surface area contributed by atoms with Crippen molar-refractivity contribution in [1.82, 2.24) is 4.90 Å². The lowest BCUT2D eigenvalue weighted by molar-refractivity contribution is 0.0792. The average molecular weight is 334 g/mol. The molecule has 1 saturated heterocycles. The molecule has 5 nitrogen and oxygen atoms in total. The van der Waals surface area contributed by atoms with Crippen LogP contribution in [0.1, 0.15) is 33.8 Å². The van der Waals surface area contributed by atoms with Crippen LogP contribution in [0.15, 0.2) is 59.0 Å². The lowest BCUT2D eigenvalue weighted by atomic mass is 10.2. The summed E-state index contributed by atoms with van der Waals surface area (Å²) >= 11 is 0. The van der Waals surface area contributed by atoms with E-state index in [4.69, 9.17) is 4.42 Å². The Hall–Kier alpha value is -3.08. The van der Waals surface area contributed by atoms with E-state index in [1.54, 1.807) is 30.3 Å². The van der Waals surface area contributed by atoms with Crippen LogP contribution in [0.5, 0.6) is 0 Å². The molecular weight excluding hydrogens is 316 g/mol. The van der Waals surface area contributed by atoms with Crippen molar-refractivity contribution >= 4 is 28.5 Å². The van der Waals surface area contributed by atoms with Crippen LogP contribution in [0.2, 0.25) is 0 Å². The Morgan fingerprint density at radius 3 is 2.40 bits per heavy atom. The molecule has 0 spiro atoms. The minimum absolute atomic E-state index is 0.0488. The molecule has 0 radical (unpaired) electrons. The van der Waals surface area contributed by atoms with Crippen LogP contribution >= 0.6 is 0 Å². The maximum atomic E-state index is 12.3. The summed E-state index contributed by atoms with van der Waals surface area (Å²) in [5.41, 5.74) is 1.95. The predicted molar refractivity (Wildman–Crippen MR) is 95.7 cm³/mol. The van der Waals surface area contributed by atoms with Gasteiger partial charge in [-0.05, 0) is 49.2 Å². The summed E-state index contributed by atoms with van der Waals surface area (Å²) in [7, 11) is 0. The van der Waals surface area contributed by atoms with Crippen LogP contribution in [-0.2, 0) is 0 Å². The van der Waals surface area contributed by atoms with Crippen molar-refractivity contribution in [3.8, 4) is 0 Å². The summed E-state index contributed by atoms with van der Waals surface area (Å²) in [5, 5.41) is 3.69. The van der Waals surface area contributed by atoms with Gasteiger partial charge in [0, 0.05) is 29.7 Å². The molecule has 0 atom stereocenters. The molecule has 4 rings (SSSR count). The lowest BCUT2D eigenvalue weighted by Crippen LogP contribution is -2.27. The summed E-state index contributed by atoms with van der Waals surface area (Å²) in [6.45, 7) is 1.65. The van der Waals surface area contributed by atoms with Crippen molar-refractivity contribution in [3.63, 3.8) is 0 Å². The molecule has 0 aliphatic carbocycles. The number of nitrogens with one attached hydrogen (secondary N) is 1. The maximum Gasteiger partial charge on any atom is 0.291 e. The Balaban J connectivity index is 1.46. The van der Waals surface area contributed by atoms with Gasteiger partial charge in [-0.2, -0.15) is 0 Å². The molecule has 1 N–H and O–H groups in total. The van der Waals surface area contributed by atoms with E-state index in [1.807, 2.05) is 29.2 Å². The third-order valence-corrected chi connectivity index (χ3v) is 4.43. The molecule has 0 saturated carbocycles. The minimum atomic E-state index is -0.310. The molecule has 0 bridgehead atoms. The highest BCUT2D eigenvalue weighted by Gasteiger charge is 2.19. The minimum Gasteiger partial charge on any atom is -0.451 e. The number of carbonyl (C=O) groups is 2. The van der Waals surface area contributed by atoms with Gasteiger partial charge in [0.15, 0.2) is 5.76 Å². The smallest absolute Gasteiger partial charge is 0.291 e. The van der Waals surface area contributed by atoms with Crippen molar-refractivity contribution in [3.05, 3.63) is 65.9 Å². The number of carbonyl (C=O) groups excluding carboxylic acids is 2. The van der Waals surface area contributed by atoms with Crippen LogP contribution in [0, 0.1) is 0 Å². The maximum absolute atomic E-state index is 12.3. The van der Waals surface area contributed by atoms with Crippen molar-refractivity contribution < 1.29 is 14.0 Å². The van der Waals surface area contributed by atoms with Gasteiger partial charge in [0.05, 0.1) is 0 Å². The molecule has 2 aromatic carbocycles. The van der Waals surface area contributed by atoms with Gasteiger partial charge in [-0.15, -0.1) is 0 Å². The lowest BCUT2D eigenvalue weighted by Gasteiger charge is -2.15. The van der Waals surface area contributed by atoms with E-state index in [1.165, 1.54) is 0 Å². The first-order valence-electron chi connectivity index (χ1n) is 8.40. The van der Waals surface area contributed by atoms with Gasteiger partial charge in [-0.3, -0.25) is 9.59 Å². The molecule has 2 heterocycles. The number of rotatable bonds is 3. The highest BCUT2D eigenvalue weighted by atomic mass is 16.3. The second kappa shape index (κ2) is 6.43. The SMILES string of the molecule is O=C(Nc1ccc(C(=O)N2CCCC2)cc1)c1cc2ccccc2o1. The quantitative estimate of drug-likeness (QED) is 0.789. The van der Waals surface area contributed by atoms with Crippen molar-refractivity contribution in [1.29, 1.82) is 0 Å². The average Bonchev–Trinajstić information content (AvgIpc) is 3.31. The van der Waals surface area contributed by atoms with Crippen LogP contribution in [-0.4, -0.2) is 29.8 Å². The van der Waals surface area contributed by atoms with Gasteiger partial charge in [0.2, 0.25) is 0 Å². The van der Waals surface area contributed by atoms with Gasteiger partial charge in [-0.1, -0.05) is 18.2 Å². The zero-order chi connectivity index (χ0) is 17.2. The highest BCUT2D eigenvalue weighted by molar-refractivity contribution is 6.05. The Bertz CT molecular complexity index is 889. The molecule has 5 heteroatoms. The fraction of sp³-hybridized carbons (Fsp3) is 0.200. The normalized spacial score (nSPS) is 14.0. The number of para-hydroxylation sites is 1. The second-order valence-electron chi connectivity index (χ2n) is 6.18. The predicted octanol–water partition coefficient (Wildman–Crippen LogP) is 3.92. The molecule has 1 aliphatic heterocycles. The number of anilines is 1. The monoisotopic (exact) mass is 334 g/mol.